The summed E-state index contributed by atoms with van der Waals surface area (Å²) in [6.45, 7) is 6.68. The molecule has 4 aliphatic rings. The number of hydrogen-bond acceptors (Lipinski definition) is 7. The van der Waals surface area contributed by atoms with Crippen LogP contribution >= 0.6 is 11.6 Å². The van der Waals surface area contributed by atoms with Crippen molar-refractivity contribution in [1.82, 2.24) is 4.72 Å². The first-order chi connectivity index (χ1) is 21.6. The number of fused-ring (bicyclic) bond motifs is 4. The Hall–Kier alpha value is -2.59. The lowest BCUT2D eigenvalue weighted by Gasteiger charge is -2.46. The van der Waals surface area contributed by atoms with Crippen molar-refractivity contribution in [2.75, 3.05) is 44.9 Å². The number of nitrogens with one attached hydrogen (secondary N) is 1. The van der Waals surface area contributed by atoms with E-state index in [0.29, 0.717) is 49.4 Å². The number of hydrogen-bond donors (Lipinski definition) is 1. The van der Waals surface area contributed by atoms with Crippen molar-refractivity contribution in [3.8, 4) is 5.75 Å². The molecular formula is C35H45ClN2O6S. The van der Waals surface area contributed by atoms with Gasteiger partial charge >= 0.3 is 0 Å². The summed E-state index contributed by atoms with van der Waals surface area (Å²) in [5.41, 5.74) is 3.42. The van der Waals surface area contributed by atoms with Crippen molar-refractivity contribution < 1.29 is 27.4 Å². The van der Waals surface area contributed by atoms with E-state index in [2.05, 4.69) is 33.9 Å². The van der Waals surface area contributed by atoms with Gasteiger partial charge in [-0.15, -0.1) is 0 Å². The minimum Gasteiger partial charge on any atom is -0.490 e. The van der Waals surface area contributed by atoms with E-state index in [9.17, 15) is 13.2 Å². The highest BCUT2D eigenvalue weighted by Crippen LogP contribution is 2.47. The number of benzene rings is 2. The van der Waals surface area contributed by atoms with Gasteiger partial charge in [-0.05, 0) is 105 Å². The molecular weight excluding hydrogens is 612 g/mol. The molecule has 6 atom stereocenters. The van der Waals surface area contributed by atoms with Gasteiger partial charge in [0.2, 0.25) is 10.0 Å². The molecule has 2 aliphatic carbocycles. The summed E-state index contributed by atoms with van der Waals surface area (Å²) in [6.07, 6.45) is 9.63. The Bertz CT molecular complexity index is 1550. The second-order valence-corrected chi connectivity index (χ2v) is 16.0. The van der Waals surface area contributed by atoms with Gasteiger partial charge in [-0.1, -0.05) is 36.7 Å². The summed E-state index contributed by atoms with van der Waals surface area (Å²) in [5, 5.41) is -0.00790. The topological polar surface area (TPSA) is 94.2 Å². The summed E-state index contributed by atoms with van der Waals surface area (Å²) >= 11 is 6.43. The Balaban J connectivity index is 1.41. The number of rotatable bonds is 4. The summed E-state index contributed by atoms with van der Waals surface area (Å²) in [5.74, 6) is 0.759. The third kappa shape index (κ3) is 6.78. The van der Waals surface area contributed by atoms with Gasteiger partial charge in [0.05, 0.1) is 36.9 Å². The molecule has 8 nitrogen and oxygen atoms in total. The van der Waals surface area contributed by atoms with Gasteiger partial charge in [0.25, 0.3) is 5.91 Å². The number of carbonyl (C=O) groups is 1. The molecule has 2 heterocycles. The predicted molar refractivity (Wildman–Crippen MR) is 177 cm³/mol. The molecule has 45 heavy (non-hydrogen) atoms. The van der Waals surface area contributed by atoms with Crippen LogP contribution in [0.15, 0.2) is 48.6 Å². The van der Waals surface area contributed by atoms with E-state index in [-0.39, 0.29) is 17.4 Å². The zero-order valence-electron chi connectivity index (χ0n) is 26.5. The van der Waals surface area contributed by atoms with Crippen LogP contribution in [0, 0.1) is 17.8 Å². The lowest BCUT2D eigenvalue weighted by Crippen LogP contribution is -2.49. The molecule has 1 saturated carbocycles. The van der Waals surface area contributed by atoms with Crippen LogP contribution in [0.5, 0.6) is 5.75 Å². The van der Waals surface area contributed by atoms with E-state index in [1.54, 1.807) is 20.1 Å². The molecule has 2 bridgehead atoms. The highest BCUT2D eigenvalue weighted by Gasteiger charge is 2.44. The van der Waals surface area contributed by atoms with E-state index in [4.69, 9.17) is 25.8 Å². The Morgan fingerprint density at radius 3 is 2.73 bits per heavy atom. The van der Waals surface area contributed by atoms with Crippen molar-refractivity contribution in [3.63, 3.8) is 0 Å². The standard InChI is InChI=1S/C35H45ClN2O6S/c1-23-6-12-32(43-16-15-42-3)29-10-7-27(29)20-38-21-35(14-4-5-25-18-28(36)9-11-30(25)35)22-44-33-13-8-26(19-31(33)38)34(39)37-45(40,41)24(2)17-23/h6,8-9,11-13,18-19,23-24,27,29,32H,4-5,7,10,14-17,20-22H2,1-3H3,(H,37,39)/b12-6+/t23-,24+,27-,29+,32-,35-/m0/s1. The van der Waals surface area contributed by atoms with E-state index < -0.39 is 21.2 Å². The van der Waals surface area contributed by atoms with Crippen molar-refractivity contribution in [2.45, 2.75) is 69.1 Å². The van der Waals surface area contributed by atoms with Crippen molar-refractivity contribution >= 4 is 33.2 Å². The number of halogens is 1. The molecule has 0 saturated heterocycles. The van der Waals surface area contributed by atoms with Crippen LogP contribution in [0.1, 0.15) is 67.4 Å². The van der Waals surface area contributed by atoms with E-state index in [0.717, 1.165) is 55.9 Å². The minimum atomic E-state index is -3.90. The molecule has 1 spiro atoms. The largest absolute Gasteiger partial charge is 0.490 e. The zero-order chi connectivity index (χ0) is 31.8. The fraction of sp³-hybridized carbons (Fsp3) is 0.571. The zero-order valence-corrected chi connectivity index (χ0v) is 28.0. The maximum atomic E-state index is 13.4. The number of methoxy groups -OCH3 is 1. The number of allylic oxidation sites excluding steroid dienone is 1. The monoisotopic (exact) mass is 656 g/mol. The second kappa shape index (κ2) is 13.3. The number of nitrogens with zero attached hydrogens (tertiary/aromatic N) is 1. The minimum absolute atomic E-state index is 0.0139. The van der Waals surface area contributed by atoms with Gasteiger partial charge in [0, 0.05) is 36.2 Å². The second-order valence-electron chi connectivity index (χ2n) is 13.5. The van der Waals surface area contributed by atoms with Crippen molar-refractivity contribution in [1.29, 1.82) is 0 Å². The first-order valence-corrected chi connectivity index (χ1v) is 18.2. The van der Waals surface area contributed by atoms with E-state index >= 15 is 0 Å². The molecule has 1 amide bonds. The van der Waals surface area contributed by atoms with Crippen LogP contribution in [0.25, 0.3) is 0 Å². The number of aryl methyl sites for hydroxylation is 1. The third-order valence-corrected chi connectivity index (χ3v) is 12.3. The normalized spacial score (nSPS) is 31.9. The number of ether oxygens (including phenoxy) is 3. The summed E-state index contributed by atoms with van der Waals surface area (Å²) in [6, 6.07) is 11.5. The molecule has 2 aliphatic heterocycles. The molecule has 0 unspecified atom stereocenters. The van der Waals surface area contributed by atoms with Gasteiger partial charge in [0.1, 0.15) is 5.75 Å². The van der Waals surface area contributed by atoms with Crippen LogP contribution in [0.2, 0.25) is 5.02 Å². The smallest absolute Gasteiger partial charge is 0.264 e. The molecule has 0 radical (unpaired) electrons. The van der Waals surface area contributed by atoms with Crippen molar-refractivity contribution in [3.05, 3.63) is 70.3 Å². The summed E-state index contributed by atoms with van der Waals surface area (Å²) in [7, 11) is -2.22. The quantitative estimate of drug-likeness (QED) is 0.323. The van der Waals surface area contributed by atoms with Crippen LogP contribution in [-0.2, 0) is 31.3 Å². The van der Waals surface area contributed by atoms with Crippen molar-refractivity contribution in [2.24, 2.45) is 17.8 Å². The molecule has 10 heteroatoms. The maximum absolute atomic E-state index is 13.4. The third-order valence-electron chi connectivity index (χ3n) is 10.3. The van der Waals surface area contributed by atoms with Gasteiger partial charge in [0.15, 0.2) is 0 Å². The molecule has 2 aromatic rings. The maximum Gasteiger partial charge on any atom is 0.264 e. The van der Waals surface area contributed by atoms with Gasteiger partial charge < -0.3 is 19.1 Å². The summed E-state index contributed by atoms with van der Waals surface area (Å²) in [4.78, 5) is 15.8. The Kier molecular flexibility index (Phi) is 9.53. The number of carbonyl (C=O) groups excluding carboxylic acids is 1. The SMILES string of the molecule is COCCO[C@H]1/C=C/[C@H](C)C[C@@H](C)S(=O)(=O)NC(=O)c2ccc3c(c2)N(C[C@@H]2CC[C@H]21)C[C@@]1(CCCc2cc(Cl)ccc21)CO3. The Morgan fingerprint density at radius 2 is 1.96 bits per heavy atom. The van der Waals surface area contributed by atoms with Crippen LogP contribution in [0.4, 0.5) is 5.69 Å². The molecule has 1 fully saturated rings. The summed E-state index contributed by atoms with van der Waals surface area (Å²) < 4.78 is 47.1. The molecule has 0 aromatic heterocycles. The first kappa shape index (κ1) is 32.4. The number of sulfonamides is 1. The Labute approximate surface area is 272 Å². The predicted octanol–water partition coefficient (Wildman–Crippen LogP) is 5.92. The molecule has 6 rings (SSSR count). The molecule has 244 valence electrons. The highest BCUT2D eigenvalue weighted by molar-refractivity contribution is 7.90. The fourth-order valence-electron chi connectivity index (χ4n) is 7.70. The molecule has 2 aromatic carbocycles. The highest BCUT2D eigenvalue weighted by atomic mass is 35.5. The number of anilines is 1. The first-order valence-electron chi connectivity index (χ1n) is 16.2. The fourth-order valence-corrected chi connectivity index (χ4v) is 9.03. The van der Waals surface area contributed by atoms with Crippen LogP contribution in [0.3, 0.4) is 0 Å². The lowest BCUT2D eigenvalue weighted by molar-refractivity contribution is -0.0310. The van der Waals surface area contributed by atoms with E-state index in [1.807, 2.05) is 25.1 Å². The van der Waals surface area contributed by atoms with E-state index in [1.165, 1.54) is 11.1 Å². The lowest BCUT2D eigenvalue weighted by atomic mass is 9.68. The Morgan fingerprint density at radius 1 is 1.11 bits per heavy atom. The average Bonchev–Trinajstić information content (AvgIpc) is 3.14. The molecule has 1 N–H and O–H groups in total. The van der Waals surface area contributed by atoms with Gasteiger partial charge in [-0.25, -0.2) is 13.1 Å². The van der Waals surface area contributed by atoms with Gasteiger partial charge in [-0.2, -0.15) is 0 Å². The number of amides is 1. The average molecular weight is 657 g/mol. The van der Waals surface area contributed by atoms with Gasteiger partial charge in [-0.3, -0.25) is 4.79 Å². The van der Waals surface area contributed by atoms with Crippen LogP contribution in [-0.4, -0.2) is 65.7 Å². The van der Waals surface area contributed by atoms with Crippen LogP contribution < -0.4 is 14.4 Å².